The lowest BCUT2D eigenvalue weighted by Gasteiger charge is -2.18. The van der Waals surface area contributed by atoms with Gasteiger partial charge >= 0.3 is 0 Å². The highest BCUT2D eigenvalue weighted by atomic mass is 32.2. The first-order valence-corrected chi connectivity index (χ1v) is 8.16. The van der Waals surface area contributed by atoms with Crippen molar-refractivity contribution in [2.24, 2.45) is 0 Å². The van der Waals surface area contributed by atoms with Gasteiger partial charge in [-0.25, -0.2) is 8.42 Å². The second-order valence-electron chi connectivity index (χ2n) is 4.88. The van der Waals surface area contributed by atoms with Crippen molar-refractivity contribution in [1.82, 2.24) is 5.32 Å². The molecule has 0 aromatic heterocycles. The van der Waals surface area contributed by atoms with Crippen LogP contribution in [0.4, 0.5) is 0 Å². The Kier molecular flexibility index (Phi) is 5.35. The van der Waals surface area contributed by atoms with Crippen molar-refractivity contribution in [3.8, 4) is 0 Å². The Balaban J connectivity index is 2.96. The van der Waals surface area contributed by atoms with Crippen LogP contribution in [0.3, 0.4) is 0 Å². The van der Waals surface area contributed by atoms with E-state index in [2.05, 4.69) is 23.5 Å². The first kappa shape index (κ1) is 15.2. The lowest BCUT2D eigenvalue weighted by atomic mass is 10.0. The Morgan fingerprint density at radius 3 is 2.17 bits per heavy atom. The summed E-state index contributed by atoms with van der Waals surface area (Å²) >= 11 is 0. The molecule has 0 aliphatic rings. The molecular formula is C14H23NO2S. The number of hydrogen-bond acceptors (Lipinski definition) is 3. The van der Waals surface area contributed by atoms with Crippen molar-refractivity contribution >= 4 is 9.84 Å². The molecule has 1 aromatic carbocycles. The average molecular weight is 269 g/mol. The van der Waals surface area contributed by atoms with E-state index >= 15 is 0 Å². The first-order valence-electron chi connectivity index (χ1n) is 6.34. The Bertz CT molecular complexity index is 474. The molecule has 18 heavy (non-hydrogen) atoms. The Morgan fingerprint density at radius 1 is 1.17 bits per heavy atom. The van der Waals surface area contributed by atoms with Crippen LogP contribution >= 0.6 is 0 Å². The summed E-state index contributed by atoms with van der Waals surface area (Å²) in [5.74, 6) is 0.427. The highest BCUT2D eigenvalue weighted by molar-refractivity contribution is 7.91. The van der Waals surface area contributed by atoms with E-state index in [0.29, 0.717) is 6.42 Å². The highest BCUT2D eigenvalue weighted by Crippen LogP contribution is 2.19. The van der Waals surface area contributed by atoms with E-state index < -0.39 is 9.84 Å². The smallest absolute Gasteiger partial charge is 0.152 e. The quantitative estimate of drug-likeness (QED) is 0.862. The molecule has 0 aliphatic carbocycles. The van der Waals surface area contributed by atoms with Crippen molar-refractivity contribution in [3.05, 3.63) is 34.9 Å². The fraction of sp³-hybridized carbons (Fsp3) is 0.571. The second-order valence-corrected chi connectivity index (χ2v) is 7.11. The summed E-state index contributed by atoms with van der Waals surface area (Å²) in [5.41, 5.74) is 3.38. The standard InChI is InChI=1S/C14H23NO2S/c1-5-6-18(16,17)10-14(15-4)13-8-11(2)7-12(3)9-13/h7-9,14-15H,5-6,10H2,1-4H3. The number of sulfone groups is 1. The molecule has 0 fully saturated rings. The van der Waals surface area contributed by atoms with E-state index in [1.807, 2.05) is 27.8 Å². The van der Waals surface area contributed by atoms with E-state index in [1.54, 1.807) is 0 Å². The topological polar surface area (TPSA) is 46.2 Å². The second kappa shape index (κ2) is 6.34. The predicted molar refractivity (Wildman–Crippen MR) is 76.7 cm³/mol. The maximum absolute atomic E-state index is 11.9. The molecule has 0 bridgehead atoms. The van der Waals surface area contributed by atoms with Crippen LogP contribution in [-0.4, -0.2) is 27.0 Å². The molecule has 1 rings (SSSR count). The van der Waals surface area contributed by atoms with E-state index in [-0.39, 0.29) is 17.5 Å². The van der Waals surface area contributed by atoms with Crippen LogP contribution in [0.25, 0.3) is 0 Å². The van der Waals surface area contributed by atoms with E-state index in [0.717, 1.165) is 16.7 Å². The molecule has 1 N–H and O–H groups in total. The fourth-order valence-corrected chi connectivity index (χ4v) is 3.86. The maximum Gasteiger partial charge on any atom is 0.152 e. The van der Waals surface area contributed by atoms with Gasteiger partial charge in [0.2, 0.25) is 0 Å². The third-order valence-electron chi connectivity index (χ3n) is 2.93. The van der Waals surface area contributed by atoms with Gasteiger partial charge in [-0.1, -0.05) is 36.2 Å². The van der Waals surface area contributed by atoms with Crippen LogP contribution in [0.2, 0.25) is 0 Å². The minimum Gasteiger partial charge on any atom is -0.312 e. The number of nitrogens with one attached hydrogen (secondary N) is 1. The zero-order valence-electron chi connectivity index (χ0n) is 11.7. The summed E-state index contributed by atoms with van der Waals surface area (Å²) in [4.78, 5) is 0. The van der Waals surface area contributed by atoms with Crippen molar-refractivity contribution in [1.29, 1.82) is 0 Å². The van der Waals surface area contributed by atoms with Gasteiger partial charge in [0.25, 0.3) is 0 Å². The Morgan fingerprint density at radius 2 is 1.72 bits per heavy atom. The molecule has 0 spiro atoms. The third kappa shape index (κ3) is 4.42. The number of aryl methyl sites for hydroxylation is 2. The Labute approximate surface area is 111 Å². The summed E-state index contributed by atoms with van der Waals surface area (Å²) in [6.07, 6.45) is 0.672. The van der Waals surface area contributed by atoms with Crippen LogP contribution < -0.4 is 5.32 Å². The largest absolute Gasteiger partial charge is 0.312 e. The lowest BCUT2D eigenvalue weighted by Crippen LogP contribution is -2.26. The number of hydrogen-bond donors (Lipinski definition) is 1. The molecule has 1 aromatic rings. The summed E-state index contributed by atoms with van der Waals surface area (Å²) < 4.78 is 23.8. The van der Waals surface area contributed by atoms with Crippen molar-refractivity contribution in [3.63, 3.8) is 0 Å². The molecule has 0 saturated carbocycles. The van der Waals surface area contributed by atoms with Crippen LogP contribution in [-0.2, 0) is 9.84 Å². The van der Waals surface area contributed by atoms with Gasteiger partial charge in [0.15, 0.2) is 9.84 Å². The minimum atomic E-state index is -2.98. The zero-order valence-corrected chi connectivity index (χ0v) is 12.5. The monoisotopic (exact) mass is 269 g/mol. The summed E-state index contributed by atoms with van der Waals surface area (Å²) in [6, 6.07) is 6.07. The third-order valence-corrected chi connectivity index (χ3v) is 4.80. The van der Waals surface area contributed by atoms with Gasteiger partial charge in [-0.3, -0.25) is 0 Å². The molecule has 102 valence electrons. The van der Waals surface area contributed by atoms with Crippen molar-refractivity contribution < 1.29 is 8.42 Å². The van der Waals surface area contributed by atoms with Crippen LogP contribution in [0.5, 0.6) is 0 Å². The van der Waals surface area contributed by atoms with E-state index in [9.17, 15) is 8.42 Å². The number of rotatable bonds is 6. The Hall–Kier alpha value is -0.870. The molecule has 4 heteroatoms. The first-order chi connectivity index (χ1) is 8.38. The SMILES string of the molecule is CCCS(=O)(=O)CC(NC)c1cc(C)cc(C)c1. The molecule has 0 saturated heterocycles. The minimum absolute atomic E-state index is 0.125. The van der Waals surface area contributed by atoms with Crippen molar-refractivity contribution in [2.45, 2.75) is 33.2 Å². The average Bonchev–Trinajstić information content (AvgIpc) is 2.24. The molecule has 0 amide bonds. The van der Waals surface area contributed by atoms with Gasteiger partial charge in [-0.15, -0.1) is 0 Å². The lowest BCUT2D eigenvalue weighted by molar-refractivity contribution is 0.573. The van der Waals surface area contributed by atoms with Gasteiger partial charge in [-0.05, 0) is 32.9 Å². The molecule has 0 radical (unpaired) electrons. The molecule has 1 unspecified atom stereocenters. The van der Waals surface area contributed by atoms with E-state index in [1.165, 1.54) is 0 Å². The van der Waals surface area contributed by atoms with Crippen LogP contribution in [0, 0.1) is 13.8 Å². The summed E-state index contributed by atoms with van der Waals surface area (Å²) in [6.45, 7) is 5.95. The maximum atomic E-state index is 11.9. The highest BCUT2D eigenvalue weighted by Gasteiger charge is 2.19. The summed E-state index contributed by atoms with van der Waals surface area (Å²) in [7, 11) is -1.17. The molecule has 3 nitrogen and oxygen atoms in total. The predicted octanol–water partition coefficient (Wildman–Crippen LogP) is 2.39. The van der Waals surface area contributed by atoms with Crippen LogP contribution in [0.1, 0.15) is 36.1 Å². The normalized spacial score (nSPS) is 13.6. The van der Waals surface area contributed by atoms with E-state index in [4.69, 9.17) is 0 Å². The van der Waals surface area contributed by atoms with Gasteiger partial charge < -0.3 is 5.32 Å². The van der Waals surface area contributed by atoms with Crippen LogP contribution in [0.15, 0.2) is 18.2 Å². The number of benzene rings is 1. The van der Waals surface area contributed by atoms with Crippen molar-refractivity contribution in [2.75, 3.05) is 18.6 Å². The van der Waals surface area contributed by atoms with Gasteiger partial charge in [-0.2, -0.15) is 0 Å². The van der Waals surface area contributed by atoms with Gasteiger partial charge in [0.05, 0.1) is 5.75 Å². The molecule has 0 heterocycles. The molecule has 0 aliphatic heterocycles. The zero-order chi connectivity index (χ0) is 13.8. The fourth-order valence-electron chi connectivity index (χ4n) is 2.21. The molecular weight excluding hydrogens is 246 g/mol. The van der Waals surface area contributed by atoms with Gasteiger partial charge in [0.1, 0.15) is 0 Å². The summed E-state index contributed by atoms with van der Waals surface area (Å²) in [5, 5.41) is 3.11. The van der Waals surface area contributed by atoms with Gasteiger partial charge in [0, 0.05) is 11.8 Å². The molecule has 1 atom stereocenters.